The fourth-order valence-corrected chi connectivity index (χ4v) is 2.52. The van der Waals surface area contributed by atoms with Crippen LogP contribution in [0.2, 0.25) is 0 Å². The Bertz CT molecular complexity index is 458. The van der Waals surface area contributed by atoms with Gasteiger partial charge in [0.15, 0.2) is 0 Å². The Morgan fingerprint density at radius 1 is 1.40 bits per heavy atom. The number of hydrogen-bond donors (Lipinski definition) is 2. The van der Waals surface area contributed by atoms with E-state index in [1.54, 1.807) is 0 Å². The molecular weight excluding hydrogens is 272 g/mol. The number of nitrogens with two attached hydrogens (primary N) is 1. The molecule has 1 aliphatic carbocycles. The molecule has 20 heavy (non-hydrogen) atoms. The Morgan fingerprint density at radius 3 is 2.65 bits per heavy atom. The molecule has 0 bridgehead atoms. The molecule has 0 heterocycles. The smallest absolute Gasteiger partial charge is 0.220 e. The second kappa shape index (κ2) is 7.65. The molecule has 0 saturated heterocycles. The van der Waals surface area contributed by atoms with E-state index < -0.39 is 0 Å². The van der Waals surface area contributed by atoms with Crippen LogP contribution in [0.1, 0.15) is 36.0 Å². The second-order valence-electron chi connectivity index (χ2n) is 5.68. The molecule has 1 saturated carbocycles. The molecule has 0 aliphatic heterocycles. The molecule has 4 heteroatoms. The highest BCUT2D eigenvalue weighted by Gasteiger charge is 2.30. The number of aryl methyl sites for hydroxylation is 3. The zero-order valence-corrected chi connectivity index (χ0v) is 13.1. The topological polar surface area (TPSA) is 55.1 Å². The van der Waals surface area contributed by atoms with E-state index in [2.05, 4.69) is 37.4 Å². The molecular formula is C16H25ClN2O. The lowest BCUT2D eigenvalue weighted by Gasteiger charge is -2.16. The highest BCUT2D eigenvalue weighted by Crippen LogP contribution is 2.32. The number of amides is 1. The Kier molecular flexibility index (Phi) is 6.50. The molecule has 112 valence electrons. The van der Waals surface area contributed by atoms with Gasteiger partial charge in [0.25, 0.3) is 0 Å². The Balaban J connectivity index is 0.00000200. The van der Waals surface area contributed by atoms with Crippen LogP contribution in [0.4, 0.5) is 0 Å². The lowest BCUT2D eigenvalue weighted by Crippen LogP contribution is -2.41. The minimum absolute atomic E-state index is 0. The number of rotatable bonds is 6. The first-order valence-electron chi connectivity index (χ1n) is 7.15. The molecule has 1 aromatic rings. The summed E-state index contributed by atoms with van der Waals surface area (Å²) in [6.45, 7) is 4.75. The van der Waals surface area contributed by atoms with Crippen LogP contribution < -0.4 is 11.1 Å². The van der Waals surface area contributed by atoms with Crippen molar-refractivity contribution in [3.63, 3.8) is 0 Å². The van der Waals surface area contributed by atoms with E-state index in [1.165, 1.54) is 29.5 Å². The third-order valence-electron chi connectivity index (χ3n) is 3.91. The fraction of sp³-hybridized carbons (Fsp3) is 0.562. The van der Waals surface area contributed by atoms with Gasteiger partial charge in [-0.1, -0.05) is 23.8 Å². The van der Waals surface area contributed by atoms with Gasteiger partial charge in [0.1, 0.15) is 0 Å². The van der Waals surface area contributed by atoms with Gasteiger partial charge < -0.3 is 11.1 Å². The first-order valence-corrected chi connectivity index (χ1v) is 7.15. The minimum atomic E-state index is 0. The van der Waals surface area contributed by atoms with Gasteiger partial charge in [-0.2, -0.15) is 0 Å². The van der Waals surface area contributed by atoms with Crippen LogP contribution in [0.15, 0.2) is 18.2 Å². The van der Waals surface area contributed by atoms with Crippen molar-refractivity contribution < 1.29 is 4.79 Å². The van der Waals surface area contributed by atoms with Crippen molar-refractivity contribution in [1.29, 1.82) is 0 Å². The summed E-state index contributed by atoms with van der Waals surface area (Å²) < 4.78 is 0. The van der Waals surface area contributed by atoms with Gasteiger partial charge in [-0.25, -0.2) is 0 Å². The van der Waals surface area contributed by atoms with Crippen LogP contribution in [-0.2, 0) is 11.2 Å². The van der Waals surface area contributed by atoms with Gasteiger partial charge >= 0.3 is 0 Å². The summed E-state index contributed by atoms with van der Waals surface area (Å²) in [6.07, 6.45) is 3.77. The van der Waals surface area contributed by atoms with Crippen LogP contribution >= 0.6 is 12.4 Å². The fourth-order valence-electron chi connectivity index (χ4n) is 2.52. The van der Waals surface area contributed by atoms with Crippen molar-refractivity contribution >= 4 is 18.3 Å². The molecule has 1 fully saturated rings. The van der Waals surface area contributed by atoms with E-state index in [9.17, 15) is 4.79 Å². The van der Waals surface area contributed by atoms with Crippen LogP contribution in [0.3, 0.4) is 0 Å². The average Bonchev–Trinajstić information content (AvgIpc) is 3.19. The summed E-state index contributed by atoms with van der Waals surface area (Å²) in [5.41, 5.74) is 9.49. The van der Waals surface area contributed by atoms with Crippen molar-refractivity contribution in [3.8, 4) is 0 Å². The Labute approximate surface area is 127 Å². The Hall–Kier alpha value is -1.06. The highest BCUT2D eigenvalue weighted by molar-refractivity contribution is 5.85. The monoisotopic (exact) mass is 296 g/mol. The Morgan fingerprint density at radius 2 is 2.10 bits per heavy atom. The van der Waals surface area contributed by atoms with Crippen molar-refractivity contribution in [2.24, 2.45) is 11.7 Å². The van der Waals surface area contributed by atoms with Crippen molar-refractivity contribution in [2.75, 3.05) is 6.54 Å². The van der Waals surface area contributed by atoms with Gasteiger partial charge in [-0.15, -0.1) is 12.4 Å². The maximum absolute atomic E-state index is 11.9. The number of nitrogens with one attached hydrogen (secondary N) is 1. The van der Waals surface area contributed by atoms with Gasteiger partial charge in [0.05, 0.1) is 0 Å². The predicted octanol–water partition coefficient (Wildman–Crippen LogP) is 2.51. The molecule has 0 aromatic heterocycles. The van der Waals surface area contributed by atoms with E-state index in [1.807, 2.05) is 0 Å². The lowest BCUT2D eigenvalue weighted by atomic mass is 10.0. The summed E-state index contributed by atoms with van der Waals surface area (Å²) in [4.78, 5) is 11.9. The molecule has 0 spiro atoms. The molecule has 3 nitrogen and oxygen atoms in total. The second-order valence-corrected chi connectivity index (χ2v) is 5.68. The number of halogens is 1. The van der Waals surface area contributed by atoms with Crippen LogP contribution in [0.5, 0.6) is 0 Å². The zero-order chi connectivity index (χ0) is 13.8. The van der Waals surface area contributed by atoms with Crippen LogP contribution in [0.25, 0.3) is 0 Å². The molecule has 3 N–H and O–H groups in total. The number of carbonyl (C=O) groups is 1. The maximum atomic E-state index is 11.9. The quantitative estimate of drug-likeness (QED) is 0.847. The normalized spacial score (nSPS) is 15.3. The molecule has 2 rings (SSSR count). The van der Waals surface area contributed by atoms with Crippen LogP contribution in [-0.4, -0.2) is 18.5 Å². The summed E-state index contributed by atoms with van der Waals surface area (Å²) >= 11 is 0. The summed E-state index contributed by atoms with van der Waals surface area (Å²) in [5.74, 6) is 0.748. The third-order valence-corrected chi connectivity index (χ3v) is 3.91. The zero-order valence-electron chi connectivity index (χ0n) is 12.3. The van der Waals surface area contributed by atoms with E-state index in [0.29, 0.717) is 18.9 Å². The van der Waals surface area contributed by atoms with E-state index in [-0.39, 0.29) is 24.4 Å². The van der Waals surface area contributed by atoms with Gasteiger partial charge in [0.2, 0.25) is 5.91 Å². The molecule has 0 radical (unpaired) electrons. The lowest BCUT2D eigenvalue weighted by molar-refractivity contribution is -0.121. The van der Waals surface area contributed by atoms with Crippen molar-refractivity contribution in [2.45, 2.75) is 45.6 Å². The van der Waals surface area contributed by atoms with Crippen molar-refractivity contribution in [1.82, 2.24) is 5.32 Å². The largest absolute Gasteiger partial charge is 0.352 e. The molecule has 1 amide bonds. The molecule has 1 atom stereocenters. The summed E-state index contributed by atoms with van der Waals surface area (Å²) in [5, 5.41) is 3.07. The number of benzene rings is 1. The summed E-state index contributed by atoms with van der Waals surface area (Å²) in [7, 11) is 0. The van der Waals surface area contributed by atoms with Gasteiger partial charge in [-0.3, -0.25) is 4.79 Å². The number of carbonyl (C=O) groups excluding carboxylic acids is 1. The predicted molar refractivity (Wildman–Crippen MR) is 85.2 cm³/mol. The van der Waals surface area contributed by atoms with Crippen LogP contribution in [0, 0.1) is 19.8 Å². The van der Waals surface area contributed by atoms with E-state index >= 15 is 0 Å². The number of hydrogen-bond acceptors (Lipinski definition) is 2. The van der Waals surface area contributed by atoms with Gasteiger partial charge in [-0.05, 0) is 50.2 Å². The van der Waals surface area contributed by atoms with E-state index in [4.69, 9.17) is 5.73 Å². The molecule has 1 unspecified atom stereocenters. The SMILES string of the molecule is Cc1ccc(CCC(=O)NC(CN)C2CC2)c(C)c1.Cl. The summed E-state index contributed by atoms with van der Waals surface area (Å²) in [6, 6.07) is 6.58. The average molecular weight is 297 g/mol. The first kappa shape index (κ1) is 17.0. The third kappa shape index (κ3) is 4.80. The van der Waals surface area contributed by atoms with Crippen molar-refractivity contribution in [3.05, 3.63) is 34.9 Å². The highest BCUT2D eigenvalue weighted by atomic mass is 35.5. The minimum Gasteiger partial charge on any atom is -0.352 e. The van der Waals surface area contributed by atoms with E-state index in [0.717, 1.165) is 6.42 Å². The first-order chi connectivity index (χ1) is 9.10. The molecule has 1 aliphatic rings. The standard InChI is InChI=1S/C16H24N2O.ClH/c1-11-3-4-13(12(2)9-11)7-8-16(19)18-15(10-17)14-5-6-14;/h3-4,9,14-15H,5-8,10,17H2,1-2H3,(H,18,19);1H. The maximum Gasteiger partial charge on any atom is 0.220 e. The van der Waals surface area contributed by atoms with Gasteiger partial charge in [0, 0.05) is 19.0 Å². The molecule has 1 aromatic carbocycles.